The van der Waals surface area contributed by atoms with Crippen LogP contribution in [0.15, 0.2) is 0 Å². The van der Waals surface area contributed by atoms with E-state index in [1.54, 1.807) is 0 Å². The summed E-state index contributed by atoms with van der Waals surface area (Å²) in [6.45, 7) is 7.36. The van der Waals surface area contributed by atoms with Gasteiger partial charge >= 0.3 is 0 Å². The Kier molecular flexibility index (Phi) is 7.21. The van der Waals surface area contributed by atoms with E-state index in [1.807, 2.05) is 0 Å². The molecular formula is C13H25NO3. The first-order chi connectivity index (χ1) is 8.18. The molecule has 1 aliphatic rings. The van der Waals surface area contributed by atoms with E-state index >= 15 is 0 Å². The highest BCUT2D eigenvalue weighted by molar-refractivity contribution is 5.77. The quantitative estimate of drug-likeness (QED) is 0.593. The highest BCUT2D eigenvalue weighted by Gasteiger charge is 2.21. The summed E-state index contributed by atoms with van der Waals surface area (Å²) in [6.07, 6.45) is 3.38. The van der Waals surface area contributed by atoms with Crippen LogP contribution in [0.2, 0.25) is 0 Å². The highest BCUT2D eigenvalue weighted by Crippen LogP contribution is 2.28. The molecule has 0 bridgehead atoms. The number of hydrogen-bond donors (Lipinski definition) is 1. The molecule has 4 nitrogen and oxygen atoms in total. The minimum Gasteiger partial charge on any atom is -0.381 e. The first-order valence-electron chi connectivity index (χ1n) is 6.60. The minimum atomic E-state index is -0.0190. The van der Waals surface area contributed by atoms with Gasteiger partial charge in [-0.3, -0.25) is 4.79 Å². The Morgan fingerprint density at radius 2 is 2.12 bits per heavy atom. The lowest BCUT2D eigenvalue weighted by molar-refractivity contribution is -0.125. The van der Waals surface area contributed by atoms with Crippen LogP contribution in [-0.2, 0) is 14.3 Å². The van der Waals surface area contributed by atoms with Gasteiger partial charge in [-0.25, -0.2) is 0 Å². The number of amides is 1. The molecule has 0 atom stereocenters. The Morgan fingerprint density at radius 3 is 2.76 bits per heavy atom. The van der Waals surface area contributed by atoms with Gasteiger partial charge in [0, 0.05) is 19.8 Å². The lowest BCUT2D eigenvalue weighted by Gasteiger charge is -2.08. The molecule has 1 N–H and O–H groups in total. The van der Waals surface area contributed by atoms with Crippen LogP contribution in [0.25, 0.3) is 0 Å². The smallest absolute Gasteiger partial charge is 0.245 e. The maximum atomic E-state index is 11.3. The molecule has 1 rings (SSSR count). The Hall–Kier alpha value is -0.610. The fraction of sp³-hybridized carbons (Fsp3) is 0.923. The van der Waals surface area contributed by atoms with Gasteiger partial charge in [-0.15, -0.1) is 0 Å². The topological polar surface area (TPSA) is 47.6 Å². The van der Waals surface area contributed by atoms with Crippen molar-refractivity contribution in [1.29, 1.82) is 0 Å². The van der Waals surface area contributed by atoms with Gasteiger partial charge in [-0.2, -0.15) is 0 Å². The summed E-state index contributed by atoms with van der Waals surface area (Å²) in [5.41, 5.74) is 0. The van der Waals surface area contributed by atoms with Crippen molar-refractivity contribution in [3.8, 4) is 0 Å². The van der Waals surface area contributed by atoms with Crippen molar-refractivity contribution in [2.45, 2.75) is 33.1 Å². The molecule has 0 unspecified atom stereocenters. The third kappa shape index (κ3) is 9.12. The summed E-state index contributed by atoms with van der Waals surface area (Å²) >= 11 is 0. The average Bonchev–Trinajstić information content (AvgIpc) is 3.06. The Labute approximate surface area is 104 Å². The number of hydrogen-bond acceptors (Lipinski definition) is 3. The van der Waals surface area contributed by atoms with Gasteiger partial charge in [0.2, 0.25) is 5.91 Å². The zero-order valence-corrected chi connectivity index (χ0v) is 11.0. The largest absolute Gasteiger partial charge is 0.381 e. The summed E-state index contributed by atoms with van der Waals surface area (Å²) in [5, 5.41) is 2.82. The maximum Gasteiger partial charge on any atom is 0.245 e. The van der Waals surface area contributed by atoms with E-state index < -0.39 is 0 Å². The second-order valence-electron chi connectivity index (χ2n) is 5.13. The molecule has 100 valence electrons. The molecule has 0 aliphatic heterocycles. The second kappa shape index (κ2) is 8.48. The van der Waals surface area contributed by atoms with Gasteiger partial charge in [0.25, 0.3) is 0 Å². The number of carbonyl (C=O) groups is 1. The standard InChI is InChI=1S/C13H25NO3/c1-11(2)8-16-7-3-6-14-13(15)10-17-9-12-4-5-12/h11-12H,3-10H2,1-2H3,(H,14,15). The molecule has 0 aromatic carbocycles. The van der Waals surface area contributed by atoms with E-state index in [2.05, 4.69) is 19.2 Å². The zero-order valence-electron chi connectivity index (χ0n) is 11.0. The molecule has 1 saturated carbocycles. The normalized spacial score (nSPS) is 15.2. The van der Waals surface area contributed by atoms with Gasteiger partial charge in [0.15, 0.2) is 0 Å². The predicted molar refractivity (Wildman–Crippen MR) is 66.8 cm³/mol. The summed E-state index contributed by atoms with van der Waals surface area (Å²) in [4.78, 5) is 11.3. The summed E-state index contributed by atoms with van der Waals surface area (Å²) in [6, 6.07) is 0. The molecule has 0 spiro atoms. The zero-order chi connectivity index (χ0) is 12.5. The van der Waals surface area contributed by atoms with Gasteiger partial charge < -0.3 is 14.8 Å². The number of carbonyl (C=O) groups excluding carboxylic acids is 1. The molecule has 0 radical (unpaired) electrons. The van der Waals surface area contributed by atoms with Crippen molar-refractivity contribution in [2.24, 2.45) is 11.8 Å². The molecular weight excluding hydrogens is 218 g/mol. The van der Waals surface area contributed by atoms with E-state index in [-0.39, 0.29) is 12.5 Å². The third-order valence-corrected chi connectivity index (χ3v) is 2.52. The second-order valence-corrected chi connectivity index (χ2v) is 5.13. The molecule has 1 aliphatic carbocycles. The summed E-state index contributed by atoms with van der Waals surface area (Å²) in [7, 11) is 0. The summed E-state index contributed by atoms with van der Waals surface area (Å²) < 4.78 is 10.7. The van der Waals surface area contributed by atoms with Crippen LogP contribution < -0.4 is 5.32 Å². The van der Waals surface area contributed by atoms with Gasteiger partial charge in [-0.1, -0.05) is 13.8 Å². The molecule has 1 fully saturated rings. The third-order valence-electron chi connectivity index (χ3n) is 2.52. The van der Waals surface area contributed by atoms with Crippen molar-refractivity contribution in [3.63, 3.8) is 0 Å². The molecule has 0 aromatic rings. The molecule has 0 aromatic heterocycles. The van der Waals surface area contributed by atoms with Crippen LogP contribution in [-0.4, -0.2) is 38.9 Å². The van der Waals surface area contributed by atoms with Crippen molar-refractivity contribution in [1.82, 2.24) is 5.32 Å². The number of rotatable bonds is 10. The fourth-order valence-electron chi connectivity index (χ4n) is 1.37. The highest BCUT2D eigenvalue weighted by atomic mass is 16.5. The van der Waals surface area contributed by atoms with E-state index in [1.165, 1.54) is 12.8 Å². The Balaban J connectivity index is 1.79. The minimum absolute atomic E-state index is 0.0190. The fourth-order valence-corrected chi connectivity index (χ4v) is 1.37. The SMILES string of the molecule is CC(C)COCCCNC(=O)COCC1CC1. The monoisotopic (exact) mass is 243 g/mol. The molecule has 1 amide bonds. The van der Waals surface area contributed by atoms with Crippen LogP contribution in [0.5, 0.6) is 0 Å². The van der Waals surface area contributed by atoms with Crippen molar-refractivity contribution < 1.29 is 14.3 Å². The first kappa shape index (κ1) is 14.5. The first-order valence-corrected chi connectivity index (χ1v) is 6.60. The number of nitrogens with one attached hydrogen (secondary N) is 1. The van der Waals surface area contributed by atoms with Crippen molar-refractivity contribution in [2.75, 3.05) is 33.0 Å². The van der Waals surface area contributed by atoms with Crippen molar-refractivity contribution in [3.05, 3.63) is 0 Å². The van der Waals surface area contributed by atoms with Gasteiger partial charge in [0.05, 0.1) is 6.61 Å². The lowest BCUT2D eigenvalue weighted by Crippen LogP contribution is -2.29. The molecule has 17 heavy (non-hydrogen) atoms. The van der Waals surface area contributed by atoms with E-state index in [4.69, 9.17) is 9.47 Å². The predicted octanol–water partition coefficient (Wildman–Crippen LogP) is 1.59. The van der Waals surface area contributed by atoms with Gasteiger partial charge in [-0.05, 0) is 31.1 Å². The van der Waals surface area contributed by atoms with E-state index in [0.717, 1.165) is 19.6 Å². The molecule has 4 heteroatoms. The average molecular weight is 243 g/mol. The lowest BCUT2D eigenvalue weighted by atomic mass is 10.2. The van der Waals surface area contributed by atoms with Crippen LogP contribution in [0, 0.1) is 11.8 Å². The van der Waals surface area contributed by atoms with Gasteiger partial charge in [0.1, 0.15) is 6.61 Å². The maximum absolute atomic E-state index is 11.3. The van der Waals surface area contributed by atoms with Crippen LogP contribution >= 0.6 is 0 Å². The van der Waals surface area contributed by atoms with Crippen LogP contribution in [0.1, 0.15) is 33.1 Å². The van der Waals surface area contributed by atoms with Crippen LogP contribution in [0.3, 0.4) is 0 Å². The summed E-state index contributed by atoms with van der Waals surface area (Å²) in [5.74, 6) is 1.27. The molecule has 0 heterocycles. The Morgan fingerprint density at radius 1 is 1.35 bits per heavy atom. The van der Waals surface area contributed by atoms with Crippen LogP contribution in [0.4, 0.5) is 0 Å². The number of ether oxygens (including phenoxy) is 2. The Bertz CT molecular complexity index is 215. The van der Waals surface area contributed by atoms with E-state index in [9.17, 15) is 4.79 Å². The van der Waals surface area contributed by atoms with Crippen molar-refractivity contribution >= 4 is 5.91 Å². The molecule has 0 saturated heterocycles. The van der Waals surface area contributed by atoms with E-state index in [0.29, 0.717) is 25.0 Å².